The van der Waals surface area contributed by atoms with Gasteiger partial charge in [-0.05, 0) is 17.7 Å². The van der Waals surface area contributed by atoms with Gasteiger partial charge in [0.25, 0.3) is 0 Å². The van der Waals surface area contributed by atoms with Gasteiger partial charge in [0.2, 0.25) is 6.29 Å². The van der Waals surface area contributed by atoms with Crippen LogP contribution in [0.2, 0.25) is 0 Å². The van der Waals surface area contributed by atoms with E-state index in [9.17, 15) is 9.59 Å². The predicted octanol–water partition coefficient (Wildman–Crippen LogP) is 0.376. The molecule has 0 heterocycles. The second kappa shape index (κ2) is 3.78. The number of phenols is 2. The van der Waals surface area contributed by atoms with Crippen LogP contribution in [-0.4, -0.2) is 27.6 Å². The van der Waals surface area contributed by atoms with Crippen molar-refractivity contribution >= 4 is 12.3 Å². The van der Waals surface area contributed by atoms with Crippen molar-refractivity contribution in [1.82, 2.24) is 0 Å². The molecule has 0 saturated heterocycles. The third-order valence-electron chi connectivity index (χ3n) is 1.70. The fourth-order valence-corrected chi connectivity index (χ4v) is 0.981. The summed E-state index contributed by atoms with van der Waals surface area (Å²) in [7, 11) is 0. The van der Waals surface area contributed by atoms with Crippen molar-refractivity contribution in [2.75, 3.05) is 0 Å². The Morgan fingerprint density at radius 3 is 2.36 bits per heavy atom. The highest BCUT2D eigenvalue weighted by atomic mass is 16.4. The molecule has 0 aliphatic heterocycles. The molecular formula is C9H7O5. The van der Waals surface area contributed by atoms with Crippen LogP contribution < -0.4 is 0 Å². The summed E-state index contributed by atoms with van der Waals surface area (Å²) in [5.74, 6) is -3.64. The van der Waals surface area contributed by atoms with E-state index in [1.54, 1.807) is 0 Å². The normalized spacial score (nSPS) is 12.0. The van der Waals surface area contributed by atoms with Gasteiger partial charge in [-0.2, -0.15) is 0 Å². The summed E-state index contributed by atoms with van der Waals surface area (Å²) in [6.07, 6.45) is 1.32. The average molecular weight is 195 g/mol. The Balaban J connectivity index is 3.12. The molecule has 0 spiro atoms. The van der Waals surface area contributed by atoms with Crippen molar-refractivity contribution in [2.45, 2.75) is 5.92 Å². The van der Waals surface area contributed by atoms with Crippen LogP contribution in [0.4, 0.5) is 0 Å². The van der Waals surface area contributed by atoms with Gasteiger partial charge in [0, 0.05) is 0 Å². The van der Waals surface area contributed by atoms with Crippen LogP contribution in [0.5, 0.6) is 11.5 Å². The summed E-state index contributed by atoms with van der Waals surface area (Å²) in [4.78, 5) is 20.8. The van der Waals surface area contributed by atoms with Gasteiger partial charge in [0.1, 0.15) is 5.92 Å². The smallest absolute Gasteiger partial charge is 0.319 e. The molecule has 1 aromatic carbocycles. The van der Waals surface area contributed by atoms with E-state index in [-0.39, 0.29) is 11.3 Å². The van der Waals surface area contributed by atoms with Crippen molar-refractivity contribution < 1.29 is 24.9 Å². The van der Waals surface area contributed by atoms with Crippen molar-refractivity contribution in [2.24, 2.45) is 0 Å². The number of carbonyl (C=O) groups excluding carboxylic acids is 1. The molecule has 0 aliphatic rings. The standard InChI is InChI=1S/C9H7O5/c10-4-6(9(13)14)5-1-2-7(11)8(12)3-5/h1-3,6,11-12H,(H,13,14). The Bertz CT molecular complexity index is 371. The molecule has 1 radical (unpaired) electrons. The van der Waals surface area contributed by atoms with E-state index < -0.39 is 17.6 Å². The minimum absolute atomic E-state index is 0.0720. The Hall–Kier alpha value is -2.04. The van der Waals surface area contributed by atoms with Crippen LogP contribution in [0.15, 0.2) is 18.2 Å². The van der Waals surface area contributed by atoms with Gasteiger partial charge in [0.05, 0.1) is 0 Å². The molecule has 73 valence electrons. The molecule has 14 heavy (non-hydrogen) atoms. The number of benzene rings is 1. The van der Waals surface area contributed by atoms with Gasteiger partial charge >= 0.3 is 5.97 Å². The van der Waals surface area contributed by atoms with Gasteiger partial charge in [-0.3, -0.25) is 9.59 Å². The van der Waals surface area contributed by atoms with E-state index in [2.05, 4.69) is 0 Å². The quantitative estimate of drug-likeness (QED) is 0.478. The number of carboxylic acids is 1. The zero-order valence-corrected chi connectivity index (χ0v) is 6.97. The Morgan fingerprint density at radius 1 is 1.29 bits per heavy atom. The van der Waals surface area contributed by atoms with Crippen molar-refractivity contribution in [3.63, 3.8) is 0 Å². The highest BCUT2D eigenvalue weighted by Crippen LogP contribution is 2.27. The molecule has 3 N–H and O–H groups in total. The number of carboxylic acid groups (broad SMARTS) is 1. The van der Waals surface area contributed by atoms with Gasteiger partial charge < -0.3 is 15.3 Å². The molecule has 0 amide bonds. The van der Waals surface area contributed by atoms with Crippen molar-refractivity contribution in [1.29, 1.82) is 0 Å². The first-order chi connectivity index (χ1) is 6.56. The highest BCUT2D eigenvalue weighted by Gasteiger charge is 2.20. The molecular weight excluding hydrogens is 188 g/mol. The summed E-state index contributed by atoms with van der Waals surface area (Å²) < 4.78 is 0. The third kappa shape index (κ3) is 1.82. The predicted molar refractivity (Wildman–Crippen MR) is 45.8 cm³/mol. The molecule has 1 aromatic rings. The molecule has 0 saturated carbocycles. The van der Waals surface area contributed by atoms with Crippen LogP contribution in [-0.2, 0) is 9.59 Å². The summed E-state index contributed by atoms with van der Waals surface area (Å²) in [5.41, 5.74) is 0.0720. The van der Waals surface area contributed by atoms with Gasteiger partial charge in [0.15, 0.2) is 11.5 Å². The molecule has 0 bridgehead atoms. The van der Waals surface area contributed by atoms with Crippen LogP contribution in [0.1, 0.15) is 11.5 Å². The number of hydrogen-bond donors (Lipinski definition) is 3. The number of hydrogen-bond acceptors (Lipinski definition) is 4. The van der Waals surface area contributed by atoms with Crippen molar-refractivity contribution in [3.05, 3.63) is 23.8 Å². The first kappa shape index (κ1) is 10.0. The summed E-state index contributed by atoms with van der Waals surface area (Å²) in [6.45, 7) is 0. The van der Waals surface area contributed by atoms with Crippen LogP contribution >= 0.6 is 0 Å². The molecule has 1 atom stereocenters. The zero-order chi connectivity index (χ0) is 10.7. The summed E-state index contributed by atoms with van der Waals surface area (Å²) >= 11 is 0. The first-order valence-electron chi connectivity index (χ1n) is 3.68. The largest absolute Gasteiger partial charge is 0.504 e. The fourth-order valence-electron chi connectivity index (χ4n) is 0.981. The van der Waals surface area contributed by atoms with Crippen molar-refractivity contribution in [3.8, 4) is 11.5 Å². The second-order valence-corrected chi connectivity index (χ2v) is 2.64. The van der Waals surface area contributed by atoms with Gasteiger partial charge in [-0.1, -0.05) is 6.07 Å². The molecule has 1 rings (SSSR count). The number of aliphatic carboxylic acids is 1. The number of phenolic OH excluding ortho intramolecular Hbond substituents is 2. The maximum absolute atomic E-state index is 10.5. The Labute approximate surface area is 79.2 Å². The van der Waals surface area contributed by atoms with E-state index in [0.29, 0.717) is 0 Å². The fraction of sp³-hybridized carbons (Fsp3) is 0.111. The van der Waals surface area contributed by atoms with E-state index >= 15 is 0 Å². The maximum Gasteiger partial charge on any atom is 0.319 e. The lowest BCUT2D eigenvalue weighted by Crippen LogP contribution is -2.12. The molecule has 5 heteroatoms. The van der Waals surface area contributed by atoms with Crippen LogP contribution in [0, 0.1) is 0 Å². The maximum atomic E-state index is 10.5. The Morgan fingerprint density at radius 2 is 1.93 bits per heavy atom. The third-order valence-corrected chi connectivity index (χ3v) is 1.70. The van der Waals surface area contributed by atoms with Gasteiger partial charge in [-0.15, -0.1) is 0 Å². The summed E-state index contributed by atoms with van der Waals surface area (Å²) in [5, 5.41) is 26.6. The van der Waals surface area contributed by atoms with E-state index in [1.807, 2.05) is 0 Å². The highest BCUT2D eigenvalue weighted by molar-refractivity contribution is 5.93. The lowest BCUT2D eigenvalue weighted by atomic mass is 10.0. The topological polar surface area (TPSA) is 94.8 Å². The first-order valence-corrected chi connectivity index (χ1v) is 3.68. The minimum Gasteiger partial charge on any atom is -0.504 e. The molecule has 0 aromatic heterocycles. The molecule has 1 unspecified atom stereocenters. The molecule has 0 aliphatic carbocycles. The lowest BCUT2D eigenvalue weighted by Gasteiger charge is -2.05. The SMILES string of the molecule is O=[C]C(C(=O)O)c1ccc(O)c(O)c1. The van der Waals surface area contributed by atoms with E-state index in [1.165, 1.54) is 12.4 Å². The second-order valence-electron chi connectivity index (χ2n) is 2.64. The zero-order valence-electron chi connectivity index (χ0n) is 6.97. The molecule has 0 fully saturated rings. The average Bonchev–Trinajstić information content (AvgIpc) is 2.11. The monoisotopic (exact) mass is 195 g/mol. The van der Waals surface area contributed by atoms with Crippen LogP contribution in [0.3, 0.4) is 0 Å². The number of rotatable bonds is 3. The van der Waals surface area contributed by atoms with Crippen LogP contribution in [0.25, 0.3) is 0 Å². The van der Waals surface area contributed by atoms with Gasteiger partial charge in [-0.25, -0.2) is 0 Å². The Kier molecular flexibility index (Phi) is 2.71. The number of carbonyl (C=O) groups is 1. The molecule has 5 nitrogen and oxygen atoms in total. The lowest BCUT2D eigenvalue weighted by molar-refractivity contribution is -0.137. The minimum atomic E-state index is -1.44. The van der Waals surface area contributed by atoms with E-state index in [4.69, 9.17) is 15.3 Å². The summed E-state index contributed by atoms with van der Waals surface area (Å²) in [6, 6.07) is 3.36. The van der Waals surface area contributed by atoms with E-state index in [0.717, 1.165) is 12.1 Å². The number of aromatic hydroxyl groups is 2.